The number of aromatic hydroxyl groups is 1. The summed E-state index contributed by atoms with van der Waals surface area (Å²) in [5.41, 5.74) is 17.7. The van der Waals surface area contributed by atoms with Gasteiger partial charge in [-0.2, -0.15) is 0 Å². The van der Waals surface area contributed by atoms with E-state index < -0.39 is 6.04 Å². The van der Waals surface area contributed by atoms with E-state index in [2.05, 4.69) is 49.2 Å². The first-order valence-electron chi connectivity index (χ1n) is 18.2. The number of nitrogens with one attached hydrogen (secondary N) is 1. The zero-order valence-corrected chi connectivity index (χ0v) is 29.0. The van der Waals surface area contributed by atoms with Crippen LogP contribution in [-0.4, -0.2) is 73.0 Å². The van der Waals surface area contributed by atoms with Crippen molar-refractivity contribution >= 4 is 51.4 Å². The van der Waals surface area contributed by atoms with Crippen molar-refractivity contribution < 1.29 is 14.7 Å². The number of carbonyl (C=O) groups is 2. The Hall–Kier alpha value is -5.62. The third-order valence-corrected chi connectivity index (χ3v) is 11.2. The summed E-state index contributed by atoms with van der Waals surface area (Å²) in [6.45, 7) is 1.99. The number of benzene rings is 2. The minimum atomic E-state index is -0.461. The molecule has 12 heteroatoms. The van der Waals surface area contributed by atoms with Crippen LogP contribution in [0.5, 0.6) is 5.75 Å². The second-order valence-electron chi connectivity index (χ2n) is 14.2. The quantitative estimate of drug-likeness (QED) is 0.127. The van der Waals surface area contributed by atoms with Crippen LogP contribution in [0, 0.1) is 0 Å². The molecule has 8 rings (SSSR count). The number of fused-ring (bicyclic) bond motifs is 3. The number of pyridine rings is 1. The van der Waals surface area contributed by atoms with Crippen LogP contribution in [0.15, 0.2) is 78.1 Å². The number of amides is 2. The molecular formula is C40H43N9O3. The second-order valence-corrected chi connectivity index (χ2v) is 14.2. The number of piperidine rings is 2. The highest BCUT2D eigenvalue weighted by Gasteiger charge is 2.34. The molecule has 5 aromatic rings. The molecule has 12 nitrogen and oxygen atoms in total. The number of hydrogen-bond donors (Lipinski definition) is 4. The molecule has 1 aliphatic carbocycles. The minimum absolute atomic E-state index is 0.116. The molecule has 1 atom stereocenters. The van der Waals surface area contributed by atoms with Gasteiger partial charge in [-0.25, -0.2) is 4.98 Å². The summed E-state index contributed by atoms with van der Waals surface area (Å²) in [6.07, 6.45) is 12.2. The number of phenolic OH excluding ortho intramolecular Hbond substituents is 1. The predicted octanol–water partition coefficient (Wildman–Crippen LogP) is 5.47. The van der Waals surface area contributed by atoms with Gasteiger partial charge in [-0.05, 0) is 92.8 Å². The number of carbonyl (C=O) groups excluding carboxylic acids is 2. The molecule has 0 radical (unpaired) electrons. The summed E-state index contributed by atoms with van der Waals surface area (Å²) in [5, 5.41) is 23.4. The number of aromatic nitrogens is 4. The van der Waals surface area contributed by atoms with Crippen LogP contribution in [0.3, 0.4) is 0 Å². The maximum Gasteiger partial charge on any atom is 0.249 e. The monoisotopic (exact) mass is 697 g/mol. The summed E-state index contributed by atoms with van der Waals surface area (Å²) in [5.74, 6) is 0.316. The molecule has 1 saturated carbocycles. The molecule has 52 heavy (non-hydrogen) atoms. The number of anilines is 1. The smallest absolute Gasteiger partial charge is 0.249 e. The van der Waals surface area contributed by atoms with E-state index >= 15 is 0 Å². The summed E-state index contributed by atoms with van der Waals surface area (Å²) in [6, 6.07) is 19.6. The lowest BCUT2D eigenvalue weighted by Gasteiger charge is -2.40. The van der Waals surface area contributed by atoms with Crippen LogP contribution in [0.2, 0.25) is 0 Å². The van der Waals surface area contributed by atoms with Gasteiger partial charge in [-0.3, -0.25) is 19.9 Å². The maximum absolute atomic E-state index is 13.0. The predicted molar refractivity (Wildman–Crippen MR) is 202 cm³/mol. The Bertz CT molecular complexity index is 2210. The number of nitrogen functional groups attached to an aromatic ring is 1. The Balaban J connectivity index is 0.921. The van der Waals surface area contributed by atoms with Gasteiger partial charge in [0.2, 0.25) is 11.8 Å². The molecule has 2 aliphatic heterocycles. The molecule has 0 bridgehead atoms. The van der Waals surface area contributed by atoms with Crippen molar-refractivity contribution in [3.8, 4) is 17.0 Å². The third kappa shape index (κ3) is 6.27. The van der Waals surface area contributed by atoms with Crippen LogP contribution < -0.4 is 16.8 Å². The lowest BCUT2D eigenvalue weighted by atomic mass is 9.79. The summed E-state index contributed by atoms with van der Waals surface area (Å²) < 4.78 is 2.05. The number of aliphatic imine (C=N–C) groups is 1. The molecule has 2 amide bonds. The summed E-state index contributed by atoms with van der Waals surface area (Å²) in [4.78, 5) is 37.2. The zero-order chi connectivity index (χ0) is 35.8. The van der Waals surface area contributed by atoms with Crippen molar-refractivity contribution in [2.24, 2.45) is 10.7 Å². The lowest BCUT2D eigenvalue weighted by molar-refractivity contribution is -0.135. The fraction of sp³-hybridized carbons (Fsp3) is 0.350. The number of imide groups is 1. The van der Waals surface area contributed by atoms with Gasteiger partial charge in [-0.1, -0.05) is 24.3 Å². The highest BCUT2D eigenvalue weighted by molar-refractivity contribution is 6.12. The average molecular weight is 698 g/mol. The van der Waals surface area contributed by atoms with E-state index in [9.17, 15) is 14.7 Å². The Morgan fingerprint density at radius 3 is 2.52 bits per heavy atom. The Morgan fingerprint density at radius 2 is 1.75 bits per heavy atom. The Morgan fingerprint density at radius 1 is 0.942 bits per heavy atom. The van der Waals surface area contributed by atoms with Gasteiger partial charge >= 0.3 is 0 Å². The largest absolute Gasteiger partial charge is 0.507 e. The number of nitrogens with two attached hydrogens (primary N) is 2. The molecule has 5 heterocycles. The topological polar surface area (TPSA) is 178 Å². The van der Waals surface area contributed by atoms with Crippen LogP contribution in [0.4, 0.5) is 5.82 Å². The van der Waals surface area contributed by atoms with Crippen molar-refractivity contribution in [2.45, 2.75) is 75.4 Å². The van der Waals surface area contributed by atoms with Crippen molar-refractivity contribution in [1.29, 1.82) is 0 Å². The van der Waals surface area contributed by atoms with E-state index in [1.165, 1.54) is 17.1 Å². The highest BCUT2D eigenvalue weighted by atomic mass is 16.3. The van der Waals surface area contributed by atoms with Crippen LogP contribution in [0.25, 0.3) is 38.8 Å². The van der Waals surface area contributed by atoms with E-state index in [4.69, 9.17) is 21.4 Å². The van der Waals surface area contributed by atoms with E-state index in [0.29, 0.717) is 47.2 Å². The van der Waals surface area contributed by atoms with Gasteiger partial charge in [0.25, 0.3) is 0 Å². The van der Waals surface area contributed by atoms with Gasteiger partial charge in [0.05, 0.1) is 17.3 Å². The number of para-hydroxylation sites is 1. The van der Waals surface area contributed by atoms with Gasteiger partial charge in [0.15, 0.2) is 5.82 Å². The summed E-state index contributed by atoms with van der Waals surface area (Å²) >= 11 is 0. The molecular weight excluding hydrogens is 654 g/mol. The third-order valence-electron chi connectivity index (χ3n) is 11.2. The Kier molecular flexibility index (Phi) is 9.14. The van der Waals surface area contributed by atoms with Crippen molar-refractivity contribution in [2.75, 3.05) is 18.8 Å². The number of hydrogen-bond acceptors (Lipinski definition) is 10. The first-order chi connectivity index (χ1) is 25.4. The maximum atomic E-state index is 13.0. The molecule has 2 aromatic carbocycles. The van der Waals surface area contributed by atoms with Crippen molar-refractivity contribution in [3.63, 3.8) is 0 Å². The fourth-order valence-corrected chi connectivity index (χ4v) is 8.53. The van der Waals surface area contributed by atoms with Gasteiger partial charge in [0.1, 0.15) is 17.4 Å². The second kappa shape index (κ2) is 14.2. The van der Waals surface area contributed by atoms with E-state index in [1.807, 2.05) is 12.1 Å². The van der Waals surface area contributed by atoms with E-state index in [-0.39, 0.29) is 29.4 Å². The molecule has 3 aliphatic rings. The molecule has 2 saturated heterocycles. The van der Waals surface area contributed by atoms with Gasteiger partial charge in [-0.15, -0.1) is 10.2 Å². The standard InChI is InChI=1S/C40H43N9O3/c41-22-25(31-21-32(46-47-38(31)42)29-5-1-2-9-35(29)50)23-44-26-16-19-48(20-17-26)27-12-10-24(11-13-27)28-6-3-8-33-37(28)30-7-4-18-43-39(30)49(33)34-14-15-36(51)45-40(34)52/h1-9,18,21-24,26-27,34,50H,10-17,19-20,41H2,(H2,42,47)(H,45,51,52). The minimum Gasteiger partial charge on any atom is -0.507 e. The lowest BCUT2D eigenvalue weighted by Crippen LogP contribution is -2.43. The van der Waals surface area contributed by atoms with Gasteiger partial charge in [0, 0.05) is 71.6 Å². The van der Waals surface area contributed by atoms with Crippen molar-refractivity contribution in [3.05, 3.63) is 84.2 Å². The van der Waals surface area contributed by atoms with Crippen molar-refractivity contribution in [1.82, 2.24) is 30.0 Å². The van der Waals surface area contributed by atoms with Gasteiger partial charge < -0.3 is 26.0 Å². The zero-order valence-electron chi connectivity index (χ0n) is 29.0. The number of rotatable bonds is 7. The molecule has 266 valence electrons. The summed E-state index contributed by atoms with van der Waals surface area (Å²) in [7, 11) is 0. The van der Waals surface area contributed by atoms with E-state index in [1.54, 1.807) is 36.7 Å². The Labute approximate surface area is 301 Å². The number of likely N-dealkylation sites (tertiary alicyclic amines) is 1. The first kappa shape index (κ1) is 33.5. The normalized spacial score (nSPS) is 22.4. The van der Waals surface area contributed by atoms with Crippen LogP contribution in [0.1, 0.15) is 74.5 Å². The molecule has 0 spiro atoms. The molecule has 1 unspecified atom stereocenters. The molecule has 6 N–H and O–H groups in total. The fourth-order valence-electron chi connectivity index (χ4n) is 8.53. The number of phenols is 1. The SMILES string of the molecule is NC=C(C=NC1CCN(C2CCC(c3cccc4c3c3cccnc3n4C3CCC(=O)NC3=O)CC2)CC1)c1cc(-c2ccccc2O)nnc1N. The molecule has 3 aromatic heterocycles. The van der Waals surface area contributed by atoms with Crippen LogP contribution in [-0.2, 0) is 9.59 Å². The van der Waals surface area contributed by atoms with E-state index in [0.717, 1.165) is 68.2 Å². The first-order valence-corrected chi connectivity index (χ1v) is 18.2. The van der Waals surface area contributed by atoms with Crippen LogP contribution >= 0.6 is 0 Å². The number of allylic oxidation sites excluding steroid dienone is 1. The average Bonchev–Trinajstić information content (AvgIpc) is 3.51. The molecule has 3 fully saturated rings. The number of nitrogens with zero attached hydrogens (tertiary/aromatic N) is 6. The highest BCUT2D eigenvalue weighted by Crippen LogP contribution is 2.43.